The normalized spacial score (nSPS) is 11.8. The molecule has 1 aromatic rings. The lowest BCUT2D eigenvalue weighted by atomic mass is 10.2. The number of nitrogens with one attached hydrogen (secondary N) is 1. The molecule has 3 heteroatoms. The molecule has 0 fully saturated rings. The second-order valence-electron chi connectivity index (χ2n) is 3.19. The van der Waals surface area contributed by atoms with Crippen LogP contribution in [0, 0.1) is 11.3 Å². The van der Waals surface area contributed by atoms with Crippen molar-refractivity contribution in [1.82, 2.24) is 0 Å². The Balaban J connectivity index is 2.47. The van der Waals surface area contributed by atoms with Crippen LogP contribution in [0.25, 0.3) is 0 Å². The first-order chi connectivity index (χ1) is 6.72. The highest BCUT2D eigenvalue weighted by Gasteiger charge is 1.98. The van der Waals surface area contributed by atoms with Crippen LogP contribution in [-0.2, 0) is 0 Å². The molecule has 14 heavy (non-hydrogen) atoms. The standard InChI is InChI=1S/C11H13FN2/c1-9(12)5-6-14-11-4-2-3-10(7-11)8-13/h2-4,7,9,14H,5-6H2,1H3. The van der Waals surface area contributed by atoms with Crippen LogP contribution in [0.2, 0.25) is 0 Å². The minimum absolute atomic E-state index is 0.483. The summed E-state index contributed by atoms with van der Waals surface area (Å²) in [4.78, 5) is 0. The summed E-state index contributed by atoms with van der Waals surface area (Å²) >= 11 is 0. The van der Waals surface area contributed by atoms with Crippen LogP contribution < -0.4 is 5.32 Å². The van der Waals surface area contributed by atoms with Gasteiger partial charge in [0, 0.05) is 12.2 Å². The molecular weight excluding hydrogens is 179 g/mol. The number of rotatable bonds is 4. The monoisotopic (exact) mass is 192 g/mol. The van der Waals surface area contributed by atoms with Crippen LogP contribution in [0.4, 0.5) is 10.1 Å². The molecule has 0 aromatic heterocycles. The Kier molecular flexibility index (Phi) is 3.93. The number of anilines is 1. The van der Waals surface area contributed by atoms with Gasteiger partial charge in [-0.15, -0.1) is 0 Å². The molecule has 1 aromatic carbocycles. The minimum atomic E-state index is -0.790. The summed E-state index contributed by atoms with van der Waals surface area (Å²) in [6.07, 6.45) is -0.307. The van der Waals surface area contributed by atoms with E-state index in [2.05, 4.69) is 11.4 Å². The zero-order chi connectivity index (χ0) is 10.4. The van der Waals surface area contributed by atoms with E-state index in [4.69, 9.17) is 5.26 Å². The molecule has 1 unspecified atom stereocenters. The molecule has 1 N–H and O–H groups in total. The summed E-state index contributed by atoms with van der Waals surface area (Å²) in [7, 11) is 0. The Morgan fingerprint density at radius 2 is 2.36 bits per heavy atom. The van der Waals surface area contributed by atoms with Gasteiger partial charge in [0.25, 0.3) is 0 Å². The SMILES string of the molecule is CC(F)CCNc1cccc(C#N)c1. The number of hydrogen-bond donors (Lipinski definition) is 1. The molecule has 0 aliphatic rings. The van der Waals surface area contributed by atoms with Crippen LogP contribution in [0.5, 0.6) is 0 Å². The highest BCUT2D eigenvalue weighted by atomic mass is 19.1. The van der Waals surface area contributed by atoms with Crippen molar-refractivity contribution >= 4 is 5.69 Å². The maximum atomic E-state index is 12.5. The molecule has 2 nitrogen and oxygen atoms in total. The van der Waals surface area contributed by atoms with Gasteiger partial charge < -0.3 is 5.32 Å². The molecule has 0 saturated carbocycles. The lowest BCUT2D eigenvalue weighted by Gasteiger charge is -2.06. The smallest absolute Gasteiger partial charge is 0.0992 e. The van der Waals surface area contributed by atoms with E-state index in [1.807, 2.05) is 6.07 Å². The number of hydrogen-bond acceptors (Lipinski definition) is 2. The molecule has 0 spiro atoms. The number of nitriles is 1. The van der Waals surface area contributed by atoms with Crippen LogP contribution in [-0.4, -0.2) is 12.7 Å². The fourth-order valence-corrected chi connectivity index (χ4v) is 1.11. The van der Waals surface area contributed by atoms with Gasteiger partial charge in [0.1, 0.15) is 0 Å². The van der Waals surface area contributed by atoms with Crippen molar-refractivity contribution in [2.45, 2.75) is 19.5 Å². The van der Waals surface area contributed by atoms with Crippen LogP contribution in [0.1, 0.15) is 18.9 Å². The van der Waals surface area contributed by atoms with Crippen molar-refractivity contribution in [2.24, 2.45) is 0 Å². The second kappa shape index (κ2) is 5.23. The first kappa shape index (κ1) is 10.5. The van der Waals surface area contributed by atoms with Crippen molar-refractivity contribution in [1.29, 1.82) is 5.26 Å². The molecule has 0 radical (unpaired) electrons. The first-order valence-corrected chi connectivity index (χ1v) is 4.60. The van der Waals surface area contributed by atoms with E-state index in [1.165, 1.54) is 6.92 Å². The average Bonchev–Trinajstić information content (AvgIpc) is 2.18. The molecule has 0 amide bonds. The number of halogens is 1. The number of benzene rings is 1. The van der Waals surface area contributed by atoms with Gasteiger partial charge in [-0.05, 0) is 31.5 Å². The van der Waals surface area contributed by atoms with Gasteiger partial charge in [-0.25, -0.2) is 4.39 Å². The first-order valence-electron chi connectivity index (χ1n) is 4.60. The predicted octanol–water partition coefficient (Wildman–Crippen LogP) is 2.72. The highest BCUT2D eigenvalue weighted by Crippen LogP contribution is 2.09. The maximum Gasteiger partial charge on any atom is 0.0992 e. The van der Waals surface area contributed by atoms with Crippen molar-refractivity contribution in [3.05, 3.63) is 29.8 Å². The Bertz CT molecular complexity index is 328. The van der Waals surface area contributed by atoms with Crippen molar-refractivity contribution in [3.8, 4) is 6.07 Å². The van der Waals surface area contributed by atoms with Crippen LogP contribution in [0.15, 0.2) is 24.3 Å². The van der Waals surface area contributed by atoms with Crippen LogP contribution >= 0.6 is 0 Å². The Labute approximate surface area is 83.4 Å². The fraction of sp³-hybridized carbons (Fsp3) is 0.364. The van der Waals surface area contributed by atoms with E-state index >= 15 is 0 Å². The molecule has 0 bridgehead atoms. The highest BCUT2D eigenvalue weighted by molar-refractivity contribution is 5.48. The minimum Gasteiger partial charge on any atom is -0.385 e. The molecule has 1 rings (SSSR count). The Morgan fingerprint density at radius 1 is 1.57 bits per heavy atom. The van der Waals surface area contributed by atoms with E-state index in [9.17, 15) is 4.39 Å². The third-order valence-electron chi connectivity index (χ3n) is 1.86. The van der Waals surface area contributed by atoms with Crippen molar-refractivity contribution in [2.75, 3.05) is 11.9 Å². The summed E-state index contributed by atoms with van der Waals surface area (Å²) in [6.45, 7) is 2.12. The summed E-state index contributed by atoms with van der Waals surface area (Å²) in [5.74, 6) is 0. The fourth-order valence-electron chi connectivity index (χ4n) is 1.11. The Hall–Kier alpha value is -1.56. The summed E-state index contributed by atoms with van der Waals surface area (Å²) in [5, 5.41) is 11.7. The van der Waals surface area contributed by atoms with Gasteiger partial charge in [-0.3, -0.25) is 0 Å². The van der Waals surface area contributed by atoms with Crippen LogP contribution in [0.3, 0.4) is 0 Å². The lowest BCUT2D eigenvalue weighted by molar-refractivity contribution is 0.348. The van der Waals surface area contributed by atoms with E-state index in [1.54, 1.807) is 18.2 Å². The van der Waals surface area contributed by atoms with Crippen molar-refractivity contribution in [3.63, 3.8) is 0 Å². The summed E-state index contributed by atoms with van der Waals surface area (Å²) in [6, 6.07) is 9.21. The molecular formula is C11H13FN2. The summed E-state index contributed by atoms with van der Waals surface area (Å²) < 4.78 is 12.5. The zero-order valence-corrected chi connectivity index (χ0v) is 8.13. The molecule has 0 aliphatic carbocycles. The lowest BCUT2D eigenvalue weighted by Crippen LogP contribution is -2.06. The number of alkyl halides is 1. The average molecular weight is 192 g/mol. The second-order valence-corrected chi connectivity index (χ2v) is 3.19. The quantitative estimate of drug-likeness (QED) is 0.796. The summed E-state index contributed by atoms with van der Waals surface area (Å²) in [5.41, 5.74) is 1.48. The van der Waals surface area contributed by atoms with Gasteiger partial charge in [-0.1, -0.05) is 6.07 Å². The third-order valence-corrected chi connectivity index (χ3v) is 1.86. The molecule has 74 valence electrons. The van der Waals surface area contributed by atoms with Gasteiger partial charge in [0.15, 0.2) is 0 Å². The third kappa shape index (κ3) is 3.44. The van der Waals surface area contributed by atoms with E-state index < -0.39 is 6.17 Å². The van der Waals surface area contributed by atoms with E-state index in [-0.39, 0.29) is 0 Å². The number of nitrogens with zero attached hydrogens (tertiary/aromatic N) is 1. The Morgan fingerprint density at radius 3 is 3.00 bits per heavy atom. The van der Waals surface area contributed by atoms with E-state index in [0.717, 1.165) is 5.69 Å². The van der Waals surface area contributed by atoms with Gasteiger partial charge in [0.05, 0.1) is 17.8 Å². The maximum absolute atomic E-state index is 12.5. The molecule has 0 heterocycles. The van der Waals surface area contributed by atoms with Gasteiger partial charge >= 0.3 is 0 Å². The zero-order valence-electron chi connectivity index (χ0n) is 8.13. The van der Waals surface area contributed by atoms with Crippen molar-refractivity contribution < 1.29 is 4.39 Å². The van der Waals surface area contributed by atoms with E-state index in [0.29, 0.717) is 18.5 Å². The molecule has 0 aliphatic heterocycles. The topological polar surface area (TPSA) is 35.8 Å². The van der Waals surface area contributed by atoms with Gasteiger partial charge in [-0.2, -0.15) is 5.26 Å². The molecule has 1 atom stereocenters. The largest absolute Gasteiger partial charge is 0.385 e. The van der Waals surface area contributed by atoms with Gasteiger partial charge in [0.2, 0.25) is 0 Å². The predicted molar refractivity (Wildman–Crippen MR) is 54.8 cm³/mol. The molecule has 0 saturated heterocycles.